The van der Waals surface area contributed by atoms with Crippen molar-refractivity contribution in [1.29, 1.82) is 0 Å². The third kappa shape index (κ3) is 3.42. The van der Waals surface area contributed by atoms with Crippen LogP contribution in [-0.4, -0.2) is 16.0 Å². The predicted octanol–water partition coefficient (Wildman–Crippen LogP) is 3.03. The van der Waals surface area contributed by atoms with E-state index in [4.69, 9.17) is 5.73 Å². The number of aromatic nitrogens is 2. The zero-order valence-corrected chi connectivity index (χ0v) is 12.0. The summed E-state index contributed by atoms with van der Waals surface area (Å²) in [6.45, 7) is 0.699. The first-order valence-corrected chi connectivity index (χ1v) is 7.48. The number of nitrogen functional groups attached to an aromatic ring is 1. The van der Waals surface area contributed by atoms with Crippen LogP contribution in [0.1, 0.15) is 31.2 Å². The van der Waals surface area contributed by atoms with Gasteiger partial charge in [-0.25, -0.2) is 9.97 Å². The third-order valence-electron chi connectivity index (χ3n) is 3.88. The fourth-order valence-corrected chi connectivity index (χ4v) is 2.70. The monoisotopic (exact) mass is 283 g/mol. The SMILES string of the molecule is Nc1c(NCc2ccccc2)ncnc1NC1CCCC1. The Labute approximate surface area is 125 Å². The van der Waals surface area contributed by atoms with Crippen molar-refractivity contribution >= 4 is 17.3 Å². The van der Waals surface area contributed by atoms with Crippen LogP contribution in [0.2, 0.25) is 0 Å². The van der Waals surface area contributed by atoms with Gasteiger partial charge in [-0.1, -0.05) is 43.2 Å². The van der Waals surface area contributed by atoms with E-state index in [1.807, 2.05) is 18.2 Å². The van der Waals surface area contributed by atoms with Crippen LogP contribution >= 0.6 is 0 Å². The van der Waals surface area contributed by atoms with Gasteiger partial charge in [0, 0.05) is 12.6 Å². The maximum Gasteiger partial charge on any atom is 0.155 e. The van der Waals surface area contributed by atoms with E-state index in [-0.39, 0.29) is 0 Å². The van der Waals surface area contributed by atoms with Gasteiger partial charge in [0.2, 0.25) is 0 Å². The van der Waals surface area contributed by atoms with Crippen molar-refractivity contribution in [2.24, 2.45) is 0 Å². The molecule has 0 unspecified atom stereocenters. The molecule has 0 bridgehead atoms. The minimum Gasteiger partial charge on any atom is -0.393 e. The highest BCUT2D eigenvalue weighted by molar-refractivity contribution is 5.74. The summed E-state index contributed by atoms with van der Waals surface area (Å²) in [6.07, 6.45) is 6.50. The van der Waals surface area contributed by atoms with Gasteiger partial charge in [0.25, 0.3) is 0 Å². The molecule has 1 aliphatic carbocycles. The number of rotatable bonds is 5. The van der Waals surface area contributed by atoms with E-state index < -0.39 is 0 Å². The molecule has 1 aromatic carbocycles. The van der Waals surface area contributed by atoms with E-state index in [0.717, 1.165) is 5.82 Å². The summed E-state index contributed by atoms with van der Waals surface area (Å²) >= 11 is 0. The lowest BCUT2D eigenvalue weighted by atomic mass is 10.2. The second-order valence-corrected chi connectivity index (χ2v) is 5.45. The van der Waals surface area contributed by atoms with Gasteiger partial charge in [-0.2, -0.15) is 0 Å². The van der Waals surface area contributed by atoms with E-state index in [1.165, 1.54) is 31.2 Å². The molecule has 110 valence electrons. The number of anilines is 3. The summed E-state index contributed by atoms with van der Waals surface area (Å²) in [5.41, 5.74) is 7.97. The van der Waals surface area contributed by atoms with Gasteiger partial charge in [-0.05, 0) is 18.4 Å². The van der Waals surface area contributed by atoms with Gasteiger partial charge < -0.3 is 16.4 Å². The highest BCUT2D eigenvalue weighted by atomic mass is 15.1. The Balaban J connectivity index is 1.67. The van der Waals surface area contributed by atoms with E-state index in [2.05, 4.69) is 32.7 Å². The number of nitrogens with two attached hydrogens (primary N) is 1. The Bertz CT molecular complexity index is 578. The molecule has 3 rings (SSSR count). The Hall–Kier alpha value is -2.30. The Morgan fingerprint density at radius 2 is 1.76 bits per heavy atom. The molecule has 1 fully saturated rings. The summed E-state index contributed by atoms with van der Waals surface area (Å²) in [4.78, 5) is 8.51. The topological polar surface area (TPSA) is 75.9 Å². The smallest absolute Gasteiger partial charge is 0.155 e. The molecule has 0 radical (unpaired) electrons. The van der Waals surface area contributed by atoms with Crippen molar-refractivity contribution in [3.05, 3.63) is 42.2 Å². The summed E-state index contributed by atoms with van der Waals surface area (Å²) in [7, 11) is 0. The van der Waals surface area contributed by atoms with Crippen molar-refractivity contribution in [2.75, 3.05) is 16.4 Å². The van der Waals surface area contributed by atoms with Crippen LogP contribution in [0.4, 0.5) is 17.3 Å². The van der Waals surface area contributed by atoms with Gasteiger partial charge >= 0.3 is 0 Å². The van der Waals surface area contributed by atoms with Gasteiger partial charge in [0.15, 0.2) is 11.6 Å². The van der Waals surface area contributed by atoms with Gasteiger partial charge in [-0.3, -0.25) is 0 Å². The van der Waals surface area contributed by atoms with Gasteiger partial charge in [0.1, 0.15) is 12.0 Å². The van der Waals surface area contributed by atoms with Crippen LogP contribution in [-0.2, 0) is 6.54 Å². The molecular formula is C16H21N5. The molecule has 2 aromatic rings. The molecule has 0 aliphatic heterocycles. The van der Waals surface area contributed by atoms with Crippen molar-refractivity contribution in [2.45, 2.75) is 38.3 Å². The first-order valence-electron chi connectivity index (χ1n) is 7.48. The molecule has 5 heteroatoms. The van der Waals surface area contributed by atoms with Crippen molar-refractivity contribution < 1.29 is 0 Å². The molecule has 0 saturated heterocycles. The van der Waals surface area contributed by atoms with Crippen LogP contribution in [0.15, 0.2) is 36.7 Å². The second kappa shape index (κ2) is 6.43. The standard InChI is InChI=1S/C16H21N5/c17-14-15(18-10-12-6-2-1-3-7-12)19-11-20-16(14)21-13-8-4-5-9-13/h1-3,6-7,11,13H,4-5,8-10,17H2,(H2,18,19,20,21). The van der Waals surface area contributed by atoms with Crippen LogP contribution in [0.5, 0.6) is 0 Å². The quantitative estimate of drug-likeness (QED) is 0.786. The summed E-state index contributed by atoms with van der Waals surface area (Å²) in [6, 6.07) is 10.7. The first-order chi connectivity index (χ1) is 10.3. The highest BCUT2D eigenvalue weighted by Gasteiger charge is 2.17. The molecule has 5 nitrogen and oxygen atoms in total. The molecule has 1 aliphatic rings. The number of benzene rings is 1. The molecule has 1 heterocycles. The first kappa shape index (κ1) is 13.7. The third-order valence-corrected chi connectivity index (χ3v) is 3.88. The lowest BCUT2D eigenvalue weighted by Gasteiger charge is -2.16. The van der Waals surface area contributed by atoms with Gasteiger partial charge in [0.05, 0.1) is 0 Å². The predicted molar refractivity (Wildman–Crippen MR) is 86.1 cm³/mol. The summed E-state index contributed by atoms with van der Waals surface area (Å²) in [5, 5.41) is 6.71. The molecule has 4 N–H and O–H groups in total. The molecule has 1 saturated carbocycles. The largest absolute Gasteiger partial charge is 0.393 e. The fourth-order valence-electron chi connectivity index (χ4n) is 2.70. The van der Waals surface area contributed by atoms with E-state index in [0.29, 0.717) is 24.1 Å². The average Bonchev–Trinajstić information content (AvgIpc) is 3.02. The molecule has 21 heavy (non-hydrogen) atoms. The second-order valence-electron chi connectivity index (χ2n) is 5.45. The van der Waals surface area contributed by atoms with E-state index in [1.54, 1.807) is 6.33 Å². The Morgan fingerprint density at radius 1 is 1.05 bits per heavy atom. The molecule has 0 spiro atoms. The van der Waals surface area contributed by atoms with Crippen LogP contribution < -0.4 is 16.4 Å². The van der Waals surface area contributed by atoms with Crippen LogP contribution in [0, 0.1) is 0 Å². The number of nitrogens with zero attached hydrogens (tertiary/aromatic N) is 2. The number of hydrogen-bond acceptors (Lipinski definition) is 5. The zero-order valence-electron chi connectivity index (χ0n) is 12.0. The Morgan fingerprint density at radius 3 is 2.52 bits per heavy atom. The maximum absolute atomic E-state index is 6.18. The number of hydrogen-bond donors (Lipinski definition) is 3. The summed E-state index contributed by atoms with van der Waals surface area (Å²) < 4.78 is 0. The number of nitrogens with one attached hydrogen (secondary N) is 2. The lowest BCUT2D eigenvalue weighted by Crippen LogP contribution is -2.18. The van der Waals surface area contributed by atoms with E-state index in [9.17, 15) is 0 Å². The Kier molecular flexibility index (Phi) is 4.19. The summed E-state index contributed by atoms with van der Waals surface area (Å²) in [5.74, 6) is 1.43. The fraction of sp³-hybridized carbons (Fsp3) is 0.375. The van der Waals surface area contributed by atoms with Gasteiger partial charge in [-0.15, -0.1) is 0 Å². The normalized spacial score (nSPS) is 15.0. The van der Waals surface area contributed by atoms with Crippen molar-refractivity contribution in [3.63, 3.8) is 0 Å². The lowest BCUT2D eigenvalue weighted by molar-refractivity contribution is 0.750. The minimum atomic E-state index is 0.490. The minimum absolute atomic E-state index is 0.490. The van der Waals surface area contributed by atoms with E-state index >= 15 is 0 Å². The zero-order chi connectivity index (χ0) is 14.5. The van der Waals surface area contributed by atoms with Crippen LogP contribution in [0.25, 0.3) is 0 Å². The molecule has 0 atom stereocenters. The van der Waals surface area contributed by atoms with Crippen LogP contribution in [0.3, 0.4) is 0 Å². The molecule has 0 amide bonds. The van der Waals surface area contributed by atoms with Crippen molar-refractivity contribution in [3.8, 4) is 0 Å². The highest BCUT2D eigenvalue weighted by Crippen LogP contribution is 2.27. The average molecular weight is 283 g/mol. The molecular weight excluding hydrogens is 262 g/mol. The maximum atomic E-state index is 6.18. The molecule has 1 aromatic heterocycles. The van der Waals surface area contributed by atoms with Crippen molar-refractivity contribution in [1.82, 2.24) is 9.97 Å².